The van der Waals surface area contributed by atoms with E-state index in [4.69, 9.17) is 4.74 Å². The zero-order valence-electron chi connectivity index (χ0n) is 9.51. The summed E-state index contributed by atoms with van der Waals surface area (Å²) in [5.41, 5.74) is 1.72. The number of methoxy groups -OCH3 is 1. The summed E-state index contributed by atoms with van der Waals surface area (Å²) in [5.74, 6) is 0. The third kappa shape index (κ3) is 2.25. The Morgan fingerprint density at radius 1 is 1.60 bits per heavy atom. The van der Waals surface area contributed by atoms with Crippen LogP contribution in [0.5, 0.6) is 0 Å². The van der Waals surface area contributed by atoms with Crippen LogP contribution in [0.1, 0.15) is 30.2 Å². The van der Waals surface area contributed by atoms with Crippen LogP contribution in [0.25, 0.3) is 0 Å². The van der Waals surface area contributed by atoms with Gasteiger partial charge in [0.2, 0.25) is 0 Å². The Morgan fingerprint density at radius 3 is 3.27 bits per heavy atom. The van der Waals surface area contributed by atoms with Gasteiger partial charge < -0.3 is 10.1 Å². The van der Waals surface area contributed by atoms with E-state index in [1.165, 1.54) is 11.3 Å². The van der Waals surface area contributed by atoms with Crippen molar-refractivity contribution in [1.82, 2.24) is 5.32 Å². The van der Waals surface area contributed by atoms with Crippen LogP contribution in [-0.2, 0) is 16.7 Å². The molecule has 84 valence electrons. The van der Waals surface area contributed by atoms with E-state index in [2.05, 4.69) is 23.7 Å². The molecule has 2 nitrogen and oxygen atoms in total. The molecule has 2 heterocycles. The van der Waals surface area contributed by atoms with Crippen LogP contribution >= 0.6 is 11.3 Å². The number of hydrogen-bond donors (Lipinski definition) is 1. The molecule has 0 amide bonds. The molecule has 1 aliphatic heterocycles. The Morgan fingerprint density at radius 2 is 2.47 bits per heavy atom. The molecule has 2 rings (SSSR count). The van der Waals surface area contributed by atoms with Crippen molar-refractivity contribution in [3.8, 4) is 0 Å². The molecule has 1 aromatic heterocycles. The normalized spacial score (nSPS) is 25.2. The second-order valence-corrected chi connectivity index (χ2v) is 5.30. The third-order valence-electron chi connectivity index (χ3n) is 3.18. The molecule has 1 N–H and O–H groups in total. The molecule has 1 unspecified atom stereocenters. The molecular weight excluding hydrogens is 206 g/mol. The average molecular weight is 225 g/mol. The van der Waals surface area contributed by atoms with E-state index in [1.807, 2.05) is 11.3 Å². The molecule has 0 aromatic carbocycles. The van der Waals surface area contributed by atoms with Gasteiger partial charge in [0.1, 0.15) is 0 Å². The standard InChI is InChI=1S/C12H19NOS/c1-12(6-3-8-14-2)11-10(4-7-13-12)5-9-15-11/h5,9,13H,3-4,6-8H2,1-2H3. The second kappa shape index (κ2) is 4.64. The van der Waals surface area contributed by atoms with E-state index in [1.54, 1.807) is 12.7 Å². The molecule has 0 spiro atoms. The van der Waals surface area contributed by atoms with Gasteiger partial charge >= 0.3 is 0 Å². The maximum Gasteiger partial charge on any atom is 0.0503 e. The summed E-state index contributed by atoms with van der Waals surface area (Å²) in [5, 5.41) is 5.87. The van der Waals surface area contributed by atoms with E-state index in [0.717, 1.165) is 26.0 Å². The van der Waals surface area contributed by atoms with Crippen molar-refractivity contribution in [2.75, 3.05) is 20.3 Å². The van der Waals surface area contributed by atoms with Gasteiger partial charge in [-0.2, -0.15) is 0 Å². The van der Waals surface area contributed by atoms with Crippen LogP contribution < -0.4 is 5.32 Å². The lowest BCUT2D eigenvalue weighted by Crippen LogP contribution is -2.44. The SMILES string of the molecule is COCCCC1(C)NCCc2ccsc21. The van der Waals surface area contributed by atoms with Gasteiger partial charge in [0.25, 0.3) is 0 Å². The largest absolute Gasteiger partial charge is 0.385 e. The molecule has 15 heavy (non-hydrogen) atoms. The number of thiophene rings is 1. The summed E-state index contributed by atoms with van der Waals surface area (Å²) in [6, 6.07) is 2.27. The predicted molar refractivity (Wildman–Crippen MR) is 64.5 cm³/mol. The van der Waals surface area contributed by atoms with Crippen molar-refractivity contribution in [1.29, 1.82) is 0 Å². The fourth-order valence-corrected chi connectivity index (χ4v) is 3.47. The maximum absolute atomic E-state index is 5.12. The van der Waals surface area contributed by atoms with Crippen molar-refractivity contribution in [3.63, 3.8) is 0 Å². The highest BCUT2D eigenvalue weighted by atomic mass is 32.1. The first-order chi connectivity index (χ1) is 7.26. The van der Waals surface area contributed by atoms with Gasteiger partial charge in [-0.25, -0.2) is 0 Å². The van der Waals surface area contributed by atoms with Gasteiger partial charge in [0.15, 0.2) is 0 Å². The van der Waals surface area contributed by atoms with Gasteiger partial charge in [-0.15, -0.1) is 11.3 Å². The molecule has 3 heteroatoms. The van der Waals surface area contributed by atoms with Crippen molar-refractivity contribution in [3.05, 3.63) is 21.9 Å². The summed E-state index contributed by atoms with van der Waals surface area (Å²) in [6.45, 7) is 4.28. The van der Waals surface area contributed by atoms with E-state index in [-0.39, 0.29) is 5.54 Å². The van der Waals surface area contributed by atoms with E-state index in [9.17, 15) is 0 Å². The monoisotopic (exact) mass is 225 g/mol. The Hall–Kier alpha value is -0.380. The lowest BCUT2D eigenvalue weighted by Gasteiger charge is -2.35. The van der Waals surface area contributed by atoms with Crippen molar-refractivity contribution in [2.45, 2.75) is 31.7 Å². The van der Waals surface area contributed by atoms with Crippen molar-refractivity contribution < 1.29 is 4.74 Å². The Labute approximate surface area is 95.6 Å². The summed E-state index contributed by atoms with van der Waals surface area (Å²) < 4.78 is 5.12. The zero-order valence-corrected chi connectivity index (χ0v) is 10.3. The number of hydrogen-bond acceptors (Lipinski definition) is 3. The maximum atomic E-state index is 5.12. The summed E-state index contributed by atoms with van der Waals surface area (Å²) >= 11 is 1.89. The Bertz CT molecular complexity index is 323. The molecular formula is C12H19NOS. The van der Waals surface area contributed by atoms with Crippen LogP contribution in [0.3, 0.4) is 0 Å². The van der Waals surface area contributed by atoms with E-state index in [0.29, 0.717) is 0 Å². The number of fused-ring (bicyclic) bond motifs is 1. The molecule has 0 saturated heterocycles. The Kier molecular flexibility index (Phi) is 3.44. The molecule has 0 fully saturated rings. The average Bonchev–Trinajstić information content (AvgIpc) is 2.68. The fourth-order valence-electron chi connectivity index (χ4n) is 2.34. The summed E-state index contributed by atoms with van der Waals surface area (Å²) in [6.07, 6.45) is 3.46. The minimum Gasteiger partial charge on any atom is -0.385 e. The molecule has 0 saturated carbocycles. The number of nitrogens with one attached hydrogen (secondary N) is 1. The molecule has 0 aliphatic carbocycles. The molecule has 1 aliphatic rings. The first kappa shape index (κ1) is 11.1. The smallest absolute Gasteiger partial charge is 0.0503 e. The fraction of sp³-hybridized carbons (Fsp3) is 0.667. The Balaban J connectivity index is 2.09. The van der Waals surface area contributed by atoms with Gasteiger partial charge in [-0.1, -0.05) is 0 Å². The highest BCUT2D eigenvalue weighted by Crippen LogP contribution is 2.36. The van der Waals surface area contributed by atoms with E-state index >= 15 is 0 Å². The van der Waals surface area contributed by atoms with Crippen LogP contribution in [0.2, 0.25) is 0 Å². The third-order valence-corrected chi connectivity index (χ3v) is 4.40. The second-order valence-electron chi connectivity index (χ2n) is 4.38. The van der Waals surface area contributed by atoms with Crippen LogP contribution in [0.4, 0.5) is 0 Å². The topological polar surface area (TPSA) is 21.3 Å². The lowest BCUT2D eigenvalue weighted by molar-refractivity contribution is 0.178. The predicted octanol–water partition coefficient (Wildman–Crippen LogP) is 2.54. The highest BCUT2D eigenvalue weighted by molar-refractivity contribution is 7.10. The zero-order chi connectivity index (χ0) is 10.7. The minimum atomic E-state index is 0.181. The number of rotatable bonds is 4. The minimum absolute atomic E-state index is 0.181. The molecule has 0 bridgehead atoms. The molecule has 0 radical (unpaired) electrons. The van der Waals surface area contributed by atoms with E-state index < -0.39 is 0 Å². The van der Waals surface area contributed by atoms with Crippen LogP contribution in [-0.4, -0.2) is 20.3 Å². The highest BCUT2D eigenvalue weighted by Gasteiger charge is 2.31. The summed E-state index contributed by atoms with van der Waals surface area (Å²) in [7, 11) is 1.77. The lowest BCUT2D eigenvalue weighted by atomic mass is 9.87. The molecule has 1 atom stereocenters. The van der Waals surface area contributed by atoms with Crippen molar-refractivity contribution in [2.24, 2.45) is 0 Å². The summed E-state index contributed by atoms with van der Waals surface area (Å²) in [4.78, 5) is 1.53. The van der Waals surface area contributed by atoms with Crippen molar-refractivity contribution >= 4 is 11.3 Å². The molecule has 1 aromatic rings. The van der Waals surface area contributed by atoms with Crippen LogP contribution in [0, 0.1) is 0 Å². The first-order valence-corrected chi connectivity index (χ1v) is 6.45. The van der Waals surface area contributed by atoms with Gasteiger partial charge in [-0.3, -0.25) is 0 Å². The van der Waals surface area contributed by atoms with Gasteiger partial charge in [0.05, 0.1) is 5.54 Å². The van der Waals surface area contributed by atoms with Gasteiger partial charge in [0, 0.05) is 25.1 Å². The quantitative estimate of drug-likeness (QED) is 0.795. The number of ether oxygens (including phenoxy) is 1. The first-order valence-electron chi connectivity index (χ1n) is 5.57. The van der Waals surface area contributed by atoms with Gasteiger partial charge in [-0.05, 0) is 43.2 Å². The van der Waals surface area contributed by atoms with Crippen LogP contribution in [0.15, 0.2) is 11.4 Å².